The van der Waals surface area contributed by atoms with Crippen LogP contribution in [0.5, 0.6) is 0 Å². The third kappa shape index (κ3) is 0.886. The molecule has 1 aliphatic rings. The molecule has 0 aromatic heterocycles. The normalized spacial score (nSPS) is 18.7. The summed E-state index contributed by atoms with van der Waals surface area (Å²) >= 11 is 1.58. The van der Waals surface area contributed by atoms with Gasteiger partial charge in [0.1, 0.15) is 0 Å². The maximum Gasteiger partial charge on any atom is 0.0202 e. The Morgan fingerprint density at radius 2 is 2.83 bits per heavy atom. The van der Waals surface area contributed by atoms with Crippen LogP contribution in [0.2, 0.25) is 0 Å². The molecule has 0 amide bonds. The van der Waals surface area contributed by atoms with Gasteiger partial charge in [0.05, 0.1) is 0 Å². The first kappa shape index (κ1) is 3.97. The van der Waals surface area contributed by atoms with Gasteiger partial charge in [0.15, 0.2) is 0 Å². The van der Waals surface area contributed by atoms with E-state index in [4.69, 9.17) is 0 Å². The van der Waals surface area contributed by atoms with Crippen molar-refractivity contribution in [1.29, 1.82) is 0 Å². The molecule has 0 saturated heterocycles. The number of allylic oxidation sites excluding steroid dienone is 1. The second-order valence-electron chi connectivity index (χ2n) is 1.05. The fraction of sp³-hybridized carbons (Fsp3) is 0.500. The Balaban J connectivity index is 2.53. The summed E-state index contributed by atoms with van der Waals surface area (Å²) in [6, 6.07) is 0. The van der Waals surface area contributed by atoms with E-state index in [-0.39, 0.29) is 0 Å². The van der Waals surface area contributed by atoms with Crippen LogP contribution in [0.3, 0.4) is 0 Å². The molecule has 6 heavy (non-hydrogen) atoms. The Labute approximate surface area is 41.3 Å². The van der Waals surface area contributed by atoms with E-state index < -0.39 is 0 Å². The Morgan fingerprint density at radius 3 is 3.00 bits per heavy atom. The van der Waals surface area contributed by atoms with E-state index in [1.807, 2.05) is 6.08 Å². The van der Waals surface area contributed by atoms with Crippen molar-refractivity contribution < 1.29 is 0 Å². The van der Waals surface area contributed by atoms with Crippen LogP contribution in [-0.2, 0) is 0 Å². The van der Waals surface area contributed by atoms with E-state index in [2.05, 4.69) is 10.3 Å². The summed E-state index contributed by atoms with van der Waals surface area (Å²) < 4.78 is 3.79. The predicted octanol–water partition coefficient (Wildman–Crippen LogP) is 1.26. The molecule has 1 aliphatic heterocycles. The maximum atomic E-state index is 3.79. The van der Waals surface area contributed by atoms with Crippen LogP contribution < -0.4 is 0 Å². The number of rotatable bonds is 0. The van der Waals surface area contributed by atoms with Gasteiger partial charge in [-0.15, -0.1) is 0 Å². The first-order valence-corrected chi connectivity index (χ1v) is 2.83. The van der Waals surface area contributed by atoms with Crippen LogP contribution in [0.15, 0.2) is 10.5 Å². The Morgan fingerprint density at radius 1 is 1.83 bits per heavy atom. The Kier molecular flexibility index (Phi) is 1.36. The van der Waals surface area contributed by atoms with Gasteiger partial charge < -0.3 is 0 Å². The zero-order valence-corrected chi connectivity index (χ0v) is 4.16. The van der Waals surface area contributed by atoms with Gasteiger partial charge >= 0.3 is 0 Å². The molecule has 0 N–H and O–H groups in total. The monoisotopic (exact) mass is 99.0 g/mol. The summed E-state index contributed by atoms with van der Waals surface area (Å²) in [4.78, 5) is 0. The van der Waals surface area contributed by atoms with E-state index in [9.17, 15) is 0 Å². The third-order valence-electron chi connectivity index (χ3n) is 0.562. The summed E-state index contributed by atoms with van der Waals surface area (Å²) in [5.74, 6) is 3.88. The molecule has 0 unspecified atom stereocenters. The lowest BCUT2D eigenvalue weighted by Gasteiger charge is -1.88. The molecule has 2 heteroatoms. The van der Waals surface area contributed by atoms with Crippen molar-refractivity contribution in [2.45, 2.75) is 6.42 Å². The van der Waals surface area contributed by atoms with Crippen LogP contribution >= 0.6 is 11.9 Å². The van der Waals surface area contributed by atoms with Crippen molar-refractivity contribution in [2.75, 3.05) is 5.75 Å². The molecule has 0 bridgehead atoms. The van der Waals surface area contributed by atoms with Gasteiger partial charge in [-0.05, 0) is 30.3 Å². The molecular formula is C4H5NS. The molecule has 0 fully saturated rings. The average molecular weight is 99.2 g/mol. The average Bonchev–Trinajstić information content (AvgIpc) is 1.72. The first-order chi connectivity index (χ1) is 3.00. The molecule has 1 heterocycles. The molecule has 0 aliphatic carbocycles. The molecule has 0 aromatic rings. The molecule has 0 saturated carbocycles. The summed E-state index contributed by atoms with van der Waals surface area (Å²) in [6.07, 6.45) is 3.09. The minimum Gasteiger partial charge on any atom is -0.174 e. The largest absolute Gasteiger partial charge is 0.174 e. The lowest BCUT2D eigenvalue weighted by atomic mass is 10.5. The van der Waals surface area contributed by atoms with Crippen molar-refractivity contribution in [3.8, 4) is 0 Å². The van der Waals surface area contributed by atoms with Gasteiger partial charge in [0.25, 0.3) is 0 Å². The predicted molar refractivity (Wildman–Crippen MR) is 29.1 cm³/mol. The zero-order valence-electron chi connectivity index (χ0n) is 3.35. The van der Waals surface area contributed by atoms with Crippen molar-refractivity contribution >= 4 is 17.8 Å². The lowest BCUT2D eigenvalue weighted by Crippen LogP contribution is -1.75. The lowest BCUT2D eigenvalue weighted by molar-refractivity contribution is 1.25. The fourth-order valence-electron chi connectivity index (χ4n) is 0.296. The Bertz CT molecular complexity index is 83.7. The van der Waals surface area contributed by atoms with Crippen molar-refractivity contribution in [3.05, 3.63) is 6.08 Å². The van der Waals surface area contributed by atoms with Gasteiger partial charge in [-0.2, -0.15) is 4.40 Å². The molecule has 0 aromatic carbocycles. The van der Waals surface area contributed by atoms with Crippen LogP contribution in [0.4, 0.5) is 0 Å². The van der Waals surface area contributed by atoms with Crippen LogP contribution in [-0.4, -0.2) is 11.6 Å². The molecule has 0 spiro atoms. The second-order valence-corrected chi connectivity index (χ2v) is 1.90. The maximum absolute atomic E-state index is 3.79. The topological polar surface area (TPSA) is 12.4 Å². The van der Waals surface area contributed by atoms with E-state index in [0.717, 1.165) is 12.2 Å². The SMILES string of the molecule is C1=CCCSN=1. The molecule has 32 valence electrons. The highest BCUT2D eigenvalue weighted by atomic mass is 32.2. The Hall–Kier alpha value is -0.200. The summed E-state index contributed by atoms with van der Waals surface area (Å²) in [5.41, 5.74) is 0. The summed E-state index contributed by atoms with van der Waals surface area (Å²) in [6.45, 7) is 0. The van der Waals surface area contributed by atoms with Gasteiger partial charge in [-0.1, -0.05) is 0 Å². The number of hydrogen-bond acceptors (Lipinski definition) is 2. The summed E-state index contributed by atoms with van der Waals surface area (Å²) in [7, 11) is 0. The molecule has 0 atom stereocenters. The number of nitrogens with zero attached hydrogens (tertiary/aromatic N) is 1. The van der Waals surface area contributed by atoms with Gasteiger partial charge in [-0.3, -0.25) is 0 Å². The van der Waals surface area contributed by atoms with E-state index >= 15 is 0 Å². The highest BCUT2D eigenvalue weighted by Gasteiger charge is 1.83. The van der Waals surface area contributed by atoms with Crippen molar-refractivity contribution in [3.63, 3.8) is 0 Å². The van der Waals surface area contributed by atoms with Gasteiger partial charge in [-0.25, -0.2) is 0 Å². The molecule has 1 nitrogen and oxygen atoms in total. The van der Waals surface area contributed by atoms with Crippen LogP contribution in [0.1, 0.15) is 6.42 Å². The minimum atomic E-state index is 1.13. The number of hydrogen-bond donors (Lipinski definition) is 0. The highest BCUT2D eigenvalue weighted by Crippen LogP contribution is 2.04. The first-order valence-electron chi connectivity index (χ1n) is 1.89. The van der Waals surface area contributed by atoms with Gasteiger partial charge in [0.2, 0.25) is 0 Å². The molecule has 1 rings (SSSR count). The van der Waals surface area contributed by atoms with Crippen LogP contribution in [0, 0.1) is 0 Å². The van der Waals surface area contributed by atoms with E-state index in [1.54, 1.807) is 11.9 Å². The van der Waals surface area contributed by atoms with Crippen molar-refractivity contribution in [2.24, 2.45) is 4.40 Å². The van der Waals surface area contributed by atoms with Gasteiger partial charge in [0, 0.05) is 5.75 Å². The molecule has 0 radical (unpaired) electrons. The zero-order chi connectivity index (χ0) is 4.24. The van der Waals surface area contributed by atoms with Crippen molar-refractivity contribution in [1.82, 2.24) is 0 Å². The quantitative estimate of drug-likeness (QED) is 0.416. The highest BCUT2D eigenvalue weighted by molar-refractivity contribution is 7.98. The summed E-state index contributed by atoms with van der Waals surface area (Å²) in [5, 5.41) is 0. The third-order valence-corrected chi connectivity index (χ3v) is 1.21. The smallest absolute Gasteiger partial charge is 0.0202 e. The van der Waals surface area contributed by atoms with E-state index in [0.29, 0.717) is 0 Å². The minimum absolute atomic E-state index is 1.13. The van der Waals surface area contributed by atoms with E-state index in [1.165, 1.54) is 0 Å². The second kappa shape index (κ2) is 2.06. The standard InChI is InChI=1S/C4H5NS/c1-2-4-6-5-3-1/h1H,2,4H2. The van der Waals surface area contributed by atoms with Crippen LogP contribution in [0.25, 0.3) is 0 Å². The fourth-order valence-corrected chi connectivity index (χ4v) is 0.760. The molecular weight excluding hydrogens is 94.1 g/mol.